The number of ether oxygens (including phenoxy) is 2. The molecule has 1 aliphatic rings. The molecule has 4 rings (SSSR count). The number of rotatable bonds is 7. The zero-order valence-corrected chi connectivity index (χ0v) is 18.1. The Kier molecular flexibility index (Phi) is 6.76. The Bertz CT molecular complexity index is 1100. The van der Waals surface area contributed by atoms with E-state index in [0.29, 0.717) is 42.1 Å². The number of fused-ring (bicyclic) bond motifs is 1. The number of nitrogen functional groups attached to an aromatic ring is 2. The maximum atomic E-state index is 13.2. The second kappa shape index (κ2) is 10.1. The fourth-order valence-electron chi connectivity index (χ4n) is 3.14. The molecule has 4 N–H and O–H groups in total. The van der Waals surface area contributed by atoms with Gasteiger partial charge in [-0.1, -0.05) is 54.2 Å². The Labute approximate surface area is 190 Å². The number of hydrogen-bond donors (Lipinski definition) is 2. The molecule has 0 saturated carbocycles. The van der Waals surface area contributed by atoms with E-state index in [2.05, 4.69) is 9.97 Å². The molecule has 1 aromatic heterocycles. The Balaban J connectivity index is 1.53. The van der Waals surface area contributed by atoms with E-state index < -0.39 is 0 Å². The van der Waals surface area contributed by atoms with Gasteiger partial charge in [0.15, 0.2) is 16.7 Å². The number of nitrogens with two attached hydrogens (primary N) is 2. The predicted molar refractivity (Wildman–Crippen MR) is 127 cm³/mol. The van der Waals surface area contributed by atoms with Gasteiger partial charge in [0.1, 0.15) is 24.8 Å². The normalized spacial score (nSPS) is 12.6. The third-order valence-corrected chi connectivity index (χ3v) is 5.44. The summed E-state index contributed by atoms with van der Waals surface area (Å²) in [6.07, 6.45) is 3.93. The second-order valence-corrected chi connectivity index (χ2v) is 7.88. The van der Waals surface area contributed by atoms with Crippen LogP contribution in [0.4, 0.5) is 17.3 Å². The van der Waals surface area contributed by atoms with Gasteiger partial charge in [0.2, 0.25) is 5.91 Å². The first-order valence-corrected chi connectivity index (χ1v) is 11.0. The molecular weight excluding hydrogens is 426 g/mol. The molecule has 0 radical (unpaired) electrons. The van der Waals surface area contributed by atoms with E-state index >= 15 is 0 Å². The van der Waals surface area contributed by atoms with Crippen molar-refractivity contribution in [1.82, 2.24) is 9.97 Å². The van der Waals surface area contributed by atoms with Crippen LogP contribution in [0.15, 0.2) is 65.8 Å². The summed E-state index contributed by atoms with van der Waals surface area (Å²) in [5, 5.41) is 0.359. The highest BCUT2D eigenvalue weighted by Crippen LogP contribution is 2.34. The minimum atomic E-state index is -0.117. The Hall–Kier alpha value is -3.72. The summed E-state index contributed by atoms with van der Waals surface area (Å²) in [5.41, 5.74) is 13.2. The zero-order chi connectivity index (χ0) is 22.3. The maximum Gasteiger partial charge on any atom is 0.237 e. The number of carbonyl (C=O) groups is 1. The molecule has 2 heterocycles. The summed E-state index contributed by atoms with van der Waals surface area (Å²) in [4.78, 5) is 23.1. The number of anilines is 3. The van der Waals surface area contributed by atoms with Crippen molar-refractivity contribution in [2.24, 2.45) is 0 Å². The standard InChI is InChI=1S/C23H23N5O3S/c24-20-14-21(25)27-23(26-20)32-15-22(29)28(10-4-7-16-5-2-1-3-6-16)17-8-9-18-19(13-17)31-12-11-30-18/h1-9,13-14H,10-12,15H2,(H4,24,25,26,27)/b7-4+. The third-order valence-electron chi connectivity index (χ3n) is 4.61. The minimum absolute atomic E-state index is 0.117. The second-order valence-electron chi connectivity index (χ2n) is 6.93. The van der Waals surface area contributed by atoms with Gasteiger partial charge in [-0.05, 0) is 17.7 Å². The van der Waals surface area contributed by atoms with Crippen LogP contribution in [-0.2, 0) is 4.79 Å². The first-order valence-electron chi connectivity index (χ1n) is 10.0. The molecule has 0 aliphatic carbocycles. The molecule has 2 aromatic carbocycles. The number of nitrogens with zero attached hydrogens (tertiary/aromatic N) is 3. The highest BCUT2D eigenvalue weighted by Gasteiger charge is 2.19. The lowest BCUT2D eigenvalue weighted by Crippen LogP contribution is -2.32. The molecule has 3 aromatic rings. The van der Waals surface area contributed by atoms with Gasteiger partial charge in [-0.15, -0.1) is 0 Å². The van der Waals surface area contributed by atoms with Crippen molar-refractivity contribution in [3.8, 4) is 11.5 Å². The van der Waals surface area contributed by atoms with E-state index in [9.17, 15) is 4.79 Å². The highest BCUT2D eigenvalue weighted by atomic mass is 32.2. The summed E-state index contributed by atoms with van der Waals surface area (Å²) in [6.45, 7) is 1.37. The molecule has 0 unspecified atom stereocenters. The van der Waals surface area contributed by atoms with Crippen molar-refractivity contribution in [1.29, 1.82) is 0 Å². The van der Waals surface area contributed by atoms with Gasteiger partial charge < -0.3 is 25.8 Å². The molecule has 0 fully saturated rings. The Morgan fingerprint density at radius 1 is 1.00 bits per heavy atom. The van der Waals surface area contributed by atoms with E-state index in [0.717, 1.165) is 5.56 Å². The number of aromatic nitrogens is 2. The van der Waals surface area contributed by atoms with Crippen LogP contribution in [0.3, 0.4) is 0 Å². The van der Waals surface area contributed by atoms with Gasteiger partial charge in [-0.2, -0.15) is 0 Å². The number of thioether (sulfide) groups is 1. The average molecular weight is 450 g/mol. The van der Waals surface area contributed by atoms with Crippen LogP contribution in [0.2, 0.25) is 0 Å². The molecular formula is C23H23N5O3S. The van der Waals surface area contributed by atoms with Crippen molar-refractivity contribution in [2.75, 3.05) is 41.9 Å². The lowest BCUT2D eigenvalue weighted by atomic mass is 10.2. The average Bonchev–Trinajstić information content (AvgIpc) is 2.80. The first-order chi connectivity index (χ1) is 15.6. The molecule has 9 heteroatoms. The Morgan fingerprint density at radius 3 is 2.47 bits per heavy atom. The van der Waals surface area contributed by atoms with E-state index in [-0.39, 0.29) is 23.3 Å². The number of benzene rings is 2. The van der Waals surface area contributed by atoms with Crippen molar-refractivity contribution in [3.05, 3.63) is 66.2 Å². The summed E-state index contributed by atoms with van der Waals surface area (Å²) in [6, 6.07) is 16.9. The SMILES string of the molecule is Nc1cc(N)nc(SCC(=O)N(C/C=C/c2ccccc2)c2ccc3c(c2)OCCO3)n1. The van der Waals surface area contributed by atoms with Crippen LogP contribution >= 0.6 is 11.8 Å². The van der Waals surface area contributed by atoms with Crippen LogP contribution in [0.25, 0.3) is 6.08 Å². The van der Waals surface area contributed by atoms with Gasteiger partial charge in [-0.25, -0.2) is 9.97 Å². The topological polar surface area (TPSA) is 117 Å². The lowest BCUT2D eigenvalue weighted by molar-refractivity contribution is -0.116. The van der Waals surface area contributed by atoms with Crippen molar-refractivity contribution < 1.29 is 14.3 Å². The number of hydrogen-bond acceptors (Lipinski definition) is 8. The van der Waals surface area contributed by atoms with E-state index in [1.165, 1.54) is 17.8 Å². The van der Waals surface area contributed by atoms with Gasteiger partial charge in [-0.3, -0.25) is 4.79 Å². The molecule has 0 saturated heterocycles. The van der Waals surface area contributed by atoms with E-state index in [4.69, 9.17) is 20.9 Å². The maximum absolute atomic E-state index is 13.2. The van der Waals surface area contributed by atoms with E-state index in [1.807, 2.05) is 60.7 Å². The molecule has 32 heavy (non-hydrogen) atoms. The predicted octanol–water partition coefficient (Wildman–Crippen LogP) is 3.25. The largest absolute Gasteiger partial charge is 0.486 e. The monoisotopic (exact) mass is 449 g/mol. The van der Waals surface area contributed by atoms with Crippen molar-refractivity contribution in [3.63, 3.8) is 0 Å². The third kappa shape index (κ3) is 5.50. The van der Waals surface area contributed by atoms with Crippen LogP contribution < -0.4 is 25.8 Å². The molecule has 0 atom stereocenters. The summed E-state index contributed by atoms with van der Waals surface area (Å²) in [7, 11) is 0. The zero-order valence-electron chi connectivity index (χ0n) is 17.3. The highest BCUT2D eigenvalue weighted by molar-refractivity contribution is 7.99. The fraction of sp³-hybridized carbons (Fsp3) is 0.174. The van der Waals surface area contributed by atoms with Crippen molar-refractivity contribution in [2.45, 2.75) is 5.16 Å². The minimum Gasteiger partial charge on any atom is -0.486 e. The summed E-state index contributed by atoms with van der Waals surface area (Å²) < 4.78 is 11.3. The molecule has 1 amide bonds. The number of carbonyl (C=O) groups excluding carboxylic acids is 1. The van der Waals surface area contributed by atoms with Crippen LogP contribution in [0.1, 0.15) is 5.56 Å². The molecule has 1 aliphatic heterocycles. The Morgan fingerprint density at radius 2 is 1.72 bits per heavy atom. The van der Waals surface area contributed by atoms with Crippen molar-refractivity contribution >= 4 is 41.1 Å². The molecule has 0 bridgehead atoms. The molecule has 8 nitrogen and oxygen atoms in total. The van der Waals surface area contributed by atoms with Gasteiger partial charge >= 0.3 is 0 Å². The van der Waals surface area contributed by atoms with Crippen LogP contribution in [0.5, 0.6) is 11.5 Å². The van der Waals surface area contributed by atoms with Gasteiger partial charge in [0.25, 0.3) is 0 Å². The quantitative estimate of drug-likeness (QED) is 0.417. The van der Waals surface area contributed by atoms with E-state index in [1.54, 1.807) is 4.90 Å². The molecule has 164 valence electrons. The summed E-state index contributed by atoms with van der Waals surface area (Å²) >= 11 is 1.19. The fourth-order valence-corrected chi connectivity index (χ4v) is 3.89. The van der Waals surface area contributed by atoms with Gasteiger partial charge in [0, 0.05) is 24.4 Å². The molecule has 0 spiro atoms. The first kappa shape index (κ1) is 21.5. The van der Waals surface area contributed by atoms with Crippen LogP contribution in [-0.4, -0.2) is 41.4 Å². The number of amides is 1. The summed E-state index contributed by atoms with van der Waals surface area (Å²) in [5.74, 6) is 1.83. The van der Waals surface area contributed by atoms with Crippen LogP contribution in [0, 0.1) is 0 Å². The van der Waals surface area contributed by atoms with Gasteiger partial charge in [0.05, 0.1) is 5.75 Å². The smallest absolute Gasteiger partial charge is 0.237 e. The lowest BCUT2D eigenvalue weighted by Gasteiger charge is -2.24.